The Morgan fingerprint density at radius 3 is 1.29 bits per heavy atom. The minimum atomic E-state index is -5.08. The van der Waals surface area contributed by atoms with Crippen LogP contribution in [0.1, 0.15) is 245 Å². The van der Waals surface area contributed by atoms with E-state index in [2.05, 4.69) is 115 Å². The van der Waals surface area contributed by atoms with E-state index in [1.807, 2.05) is 0 Å². The molecule has 1 aliphatic heterocycles. The first-order valence-electron chi connectivity index (χ1n) is 31.0. The summed E-state index contributed by atoms with van der Waals surface area (Å²) in [6.45, 7) is 3.87. The molecule has 4 N–H and O–H groups in total. The van der Waals surface area contributed by atoms with Crippen LogP contribution in [0.25, 0.3) is 0 Å². The molecule has 0 radical (unpaired) electrons. The second kappa shape index (κ2) is 54.6. The van der Waals surface area contributed by atoms with Crippen LogP contribution in [-0.4, -0.2) is 97.5 Å². The third-order valence-electron chi connectivity index (χ3n) is 13.7. The maximum Gasteiger partial charge on any atom is 0.397 e. The number of rotatable bonds is 54. The highest BCUT2D eigenvalue weighted by Crippen LogP contribution is 2.26. The third-order valence-corrected chi connectivity index (χ3v) is 14.2. The molecule has 0 saturated carbocycles. The van der Waals surface area contributed by atoms with E-state index in [4.69, 9.17) is 18.9 Å². The molecule has 0 bridgehead atoms. The van der Waals surface area contributed by atoms with Gasteiger partial charge in [0.2, 0.25) is 0 Å². The Morgan fingerprint density at radius 1 is 0.500 bits per heavy atom. The number of hydrogen-bond acceptors (Lipinski definition) is 11. The highest BCUT2D eigenvalue weighted by molar-refractivity contribution is 7.80. The van der Waals surface area contributed by atoms with E-state index in [0.29, 0.717) is 13.0 Å². The molecule has 13 heteroatoms. The molecule has 0 aromatic heterocycles. The lowest BCUT2D eigenvalue weighted by Crippen LogP contribution is -2.60. The van der Waals surface area contributed by atoms with Crippen molar-refractivity contribution in [3.63, 3.8) is 0 Å². The van der Waals surface area contributed by atoms with E-state index in [1.54, 1.807) is 0 Å². The predicted octanol–water partition coefficient (Wildman–Crippen LogP) is 16.1. The van der Waals surface area contributed by atoms with Crippen LogP contribution in [0.3, 0.4) is 0 Å². The smallest absolute Gasteiger partial charge is 0.397 e. The average molecular weight is 1120 g/mol. The van der Waals surface area contributed by atoms with Crippen molar-refractivity contribution in [2.45, 2.75) is 282 Å². The van der Waals surface area contributed by atoms with Crippen molar-refractivity contribution in [1.82, 2.24) is 0 Å². The van der Waals surface area contributed by atoms with Gasteiger partial charge in [-0.05, 0) is 96.3 Å². The van der Waals surface area contributed by atoms with Crippen molar-refractivity contribution >= 4 is 16.4 Å². The number of aliphatic hydroxyl groups excluding tert-OH is 3. The first-order valence-corrected chi connectivity index (χ1v) is 32.4. The summed E-state index contributed by atoms with van der Waals surface area (Å²) in [4.78, 5) is 13.0. The van der Waals surface area contributed by atoms with Crippen molar-refractivity contribution in [3.8, 4) is 0 Å². The van der Waals surface area contributed by atoms with Crippen molar-refractivity contribution in [2.75, 3.05) is 26.4 Å². The molecule has 78 heavy (non-hydrogen) atoms. The Labute approximate surface area is 476 Å². The lowest BCUT2D eigenvalue weighted by atomic mass is 9.99. The zero-order valence-corrected chi connectivity index (χ0v) is 49.8. The molecule has 450 valence electrons. The second-order valence-electron chi connectivity index (χ2n) is 20.9. The van der Waals surface area contributed by atoms with Gasteiger partial charge in [0, 0.05) is 13.0 Å². The van der Waals surface area contributed by atoms with Gasteiger partial charge >= 0.3 is 16.4 Å². The van der Waals surface area contributed by atoms with E-state index < -0.39 is 59.8 Å². The summed E-state index contributed by atoms with van der Waals surface area (Å²) in [5.41, 5.74) is 0. The molecule has 1 saturated heterocycles. The van der Waals surface area contributed by atoms with Gasteiger partial charge in [-0.15, -0.1) is 0 Å². The van der Waals surface area contributed by atoms with Gasteiger partial charge in [-0.3, -0.25) is 9.35 Å². The molecule has 0 spiro atoms. The van der Waals surface area contributed by atoms with E-state index in [9.17, 15) is 33.1 Å². The molecule has 1 heterocycles. The van der Waals surface area contributed by atoms with E-state index in [-0.39, 0.29) is 19.6 Å². The lowest BCUT2D eigenvalue weighted by molar-refractivity contribution is -0.301. The topological polar surface area (TPSA) is 178 Å². The van der Waals surface area contributed by atoms with Crippen LogP contribution in [0.4, 0.5) is 0 Å². The van der Waals surface area contributed by atoms with Crippen LogP contribution in [0, 0.1) is 0 Å². The summed E-state index contributed by atoms with van der Waals surface area (Å²) in [6.07, 6.45) is 67.3. The summed E-state index contributed by atoms with van der Waals surface area (Å²) in [6, 6.07) is 0. The normalized spacial score (nSPS) is 19.1. The monoisotopic (exact) mass is 1120 g/mol. The summed E-state index contributed by atoms with van der Waals surface area (Å²) in [5.74, 6) is -0.414. The minimum absolute atomic E-state index is 0.0249. The zero-order valence-electron chi connectivity index (χ0n) is 48.9. The molecular formula is C65H112O12S. The molecule has 1 fully saturated rings. The van der Waals surface area contributed by atoms with Crippen molar-refractivity contribution in [2.24, 2.45) is 0 Å². The first-order chi connectivity index (χ1) is 38.1. The Bertz CT molecular complexity index is 1720. The maximum atomic E-state index is 13.0. The number of carbonyl (C=O) groups is 1. The van der Waals surface area contributed by atoms with Crippen LogP contribution in [0.2, 0.25) is 0 Å². The van der Waals surface area contributed by atoms with Crippen LogP contribution < -0.4 is 0 Å². The second-order valence-corrected chi connectivity index (χ2v) is 22.0. The largest absolute Gasteiger partial charge is 0.457 e. The van der Waals surface area contributed by atoms with Crippen molar-refractivity contribution in [3.05, 3.63) is 97.2 Å². The average Bonchev–Trinajstić information content (AvgIpc) is 3.46. The molecule has 6 atom stereocenters. The highest BCUT2D eigenvalue weighted by Gasteiger charge is 2.48. The number of hydrogen-bond donors (Lipinski definition) is 4. The van der Waals surface area contributed by atoms with E-state index in [1.165, 1.54) is 116 Å². The van der Waals surface area contributed by atoms with E-state index in [0.717, 1.165) is 103 Å². The maximum absolute atomic E-state index is 13.0. The standard InChI is InChI=1S/C65H112O12S/c1-3-5-7-9-11-13-15-17-19-21-23-25-27-29-31-33-35-37-39-41-43-45-47-49-51-53-55-73-57-59(58-74-65-63(69)64(77-78(70,71)72)62(68)60(56-66)76-65)75-61(67)54-52-50-48-46-44-42-40-38-36-34-32-30-28-26-24-22-20-18-16-14-12-10-8-6-4-2/h6,8,12,14-15,17-18,20-21,23-24,26,30,32,36,38,59-60,62-66,68-69H,3-5,7,9-11,13,16,19,22,25,27-29,31,33-35,37,39-58H2,1-2H3,(H,70,71,72)/b8-6-,14-12-,17-15-,20-18-,23-21-,26-24-,32-30-,38-36-. The minimum Gasteiger partial charge on any atom is -0.457 e. The summed E-state index contributed by atoms with van der Waals surface area (Å²) >= 11 is 0. The van der Waals surface area contributed by atoms with Gasteiger partial charge in [0.05, 0.1) is 19.8 Å². The number of allylic oxidation sites excluding steroid dienone is 16. The fourth-order valence-electron chi connectivity index (χ4n) is 9.06. The van der Waals surface area contributed by atoms with Crippen LogP contribution in [0.15, 0.2) is 97.2 Å². The highest BCUT2D eigenvalue weighted by atomic mass is 32.3. The predicted molar refractivity (Wildman–Crippen MR) is 322 cm³/mol. The van der Waals surface area contributed by atoms with Crippen LogP contribution >= 0.6 is 0 Å². The number of esters is 1. The Balaban J connectivity index is 2.29. The number of unbranched alkanes of at least 4 members (excludes halogenated alkanes) is 25. The van der Waals surface area contributed by atoms with Gasteiger partial charge in [0.25, 0.3) is 0 Å². The first kappa shape index (κ1) is 73.0. The van der Waals surface area contributed by atoms with Gasteiger partial charge in [-0.2, -0.15) is 8.42 Å². The Hall–Kier alpha value is -2.98. The van der Waals surface area contributed by atoms with Crippen LogP contribution in [-0.2, 0) is 38.3 Å². The molecule has 1 rings (SSSR count). The zero-order chi connectivity index (χ0) is 56.7. The summed E-state index contributed by atoms with van der Waals surface area (Å²) in [7, 11) is -5.08. The summed E-state index contributed by atoms with van der Waals surface area (Å²) in [5, 5.41) is 30.9. The number of carbonyl (C=O) groups excluding carboxylic acids is 1. The quantitative estimate of drug-likeness (QED) is 0.0196. The fraction of sp³-hybridized carbons (Fsp3) is 0.738. The molecule has 6 unspecified atom stereocenters. The van der Waals surface area contributed by atoms with Gasteiger partial charge in [0.1, 0.15) is 30.5 Å². The number of aliphatic hydroxyl groups is 3. The SMILES string of the molecule is CC/C=C\C/C=C\C/C=C\C/C=C\C/C=C\C/C=C\CCCCCCCCC(=O)OC(COCCCCCCCCCCCCCCCC/C=C\C/C=C\CCCCCCC)COC1OC(CO)C(O)C(OS(=O)(=O)O)C1O. The fourth-order valence-corrected chi connectivity index (χ4v) is 9.57. The number of ether oxygens (including phenoxy) is 4. The summed E-state index contributed by atoms with van der Waals surface area (Å²) < 4.78 is 59.5. The van der Waals surface area contributed by atoms with Gasteiger partial charge < -0.3 is 34.3 Å². The Morgan fingerprint density at radius 2 is 0.885 bits per heavy atom. The molecule has 12 nitrogen and oxygen atoms in total. The molecule has 0 amide bonds. The molecular weight excluding hydrogens is 1000 g/mol. The van der Waals surface area contributed by atoms with Crippen molar-refractivity contribution < 1.29 is 56.2 Å². The van der Waals surface area contributed by atoms with Gasteiger partial charge in [-0.25, -0.2) is 4.18 Å². The molecule has 0 aliphatic carbocycles. The third kappa shape index (κ3) is 46.7. The van der Waals surface area contributed by atoms with Gasteiger partial charge in [0.15, 0.2) is 6.29 Å². The van der Waals surface area contributed by atoms with Gasteiger partial charge in [-0.1, -0.05) is 239 Å². The molecule has 0 aromatic carbocycles. The molecule has 0 aromatic rings. The van der Waals surface area contributed by atoms with Crippen molar-refractivity contribution in [1.29, 1.82) is 0 Å². The molecule has 1 aliphatic rings. The lowest BCUT2D eigenvalue weighted by Gasteiger charge is -2.41. The Kier molecular flexibility index (Phi) is 51.1. The van der Waals surface area contributed by atoms with Crippen LogP contribution in [0.5, 0.6) is 0 Å². The van der Waals surface area contributed by atoms with E-state index >= 15 is 0 Å².